The maximum Gasteiger partial charge on any atom is 0.269 e. The number of fused-ring (bicyclic) bond motifs is 1. The number of hydrogen-bond acceptors (Lipinski definition) is 7. The lowest BCUT2D eigenvalue weighted by atomic mass is 10.00. The topological polar surface area (TPSA) is 97.6 Å². The Morgan fingerprint density at radius 1 is 1.00 bits per heavy atom. The lowest BCUT2D eigenvalue weighted by molar-refractivity contribution is 0.0668. The SMILES string of the molecule is COCc1c(-c2ccnc(F)c2)c2cc(-c3ccc(CN4CCCC(O)C4)cc3)cnc2n1S(=O)(=O)c1ccc(C)cc1. The summed E-state index contributed by atoms with van der Waals surface area (Å²) in [6.45, 7) is 4.24. The molecule has 4 heterocycles. The van der Waals surface area contributed by atoms with E-state index in [9.17, 15) is 17.9 Å². The van der Waals surface area contributed by atoms with Crippen molar-refractivity contribution in [2.45, 2.75) is 43.9 Å². The number of aryl methyl sites for hydroxylation is 1. The van der Waals surface area contributed by atoms with E-state index in [4.69, 9.17) is 4.74 Å². The summed E-state index contributed by atoms with van der Waals surface area (Å²) in [5, 5.41) is 10.6. The van der Waals surface area contributed by atoms with Gasteiger partial charge < -0.3 is 9.84 Å². The molecule has 5 aromatic rings. The highest BCUT2D eigenvalue weighted by molar-refractivity contribution is 7.90. The van der Waals surface area contributed by atoms with Gasteiger partial charge in [0.15, 0.2) is 5.65 Å². The van der Waals surface area contributed by atoms with Crippen molar-refractivity contribution >= 4 is 21.1 Å². The molecule has 0 amide bonds. The molecule has 0 bridgehead atoms. The summed E-state index contributed by atoms with van der Waals surface area (Å²) < 4.78 is 49.3. The number of aliphatic hydroxyl groups is 1. The van der Waals surface area contributed by atoms with Gasteiger partial charge in [0.2, 0.25) is 5.95 Å². The molecule has 1 fully saturated rings. The average molecular weight is 601 g/mol. The zero-order valence-corrected chi connectivity index (χ0v) is 24.9. The number of pyridine rings is 2. The third-order valence-electron chi connectivity index (χ3n) is 7.89. The number of ether oxygens (including phenoxy) is 1. The van der Waals surface area contributed by atoms with Gasteiger partial charge in [0.25, 0.3) is 10.0 Å². The standard InChI is InChI=1S/C33H33FN4O4S/c1-22-5-11-28(12-6-22)43(40,41)38-30(21-42-2)32(25-13-14-35-31(34)17-25)29-16-26(18-36-33(29)38)24-9-7-23(8-10-24)19-37-15-3-4-27(39)20-37/h5-14,16-18,27,39H,3-4,15,19-21H2,1-2H3. The molecule has 8 nitrogen and oxygen atoms in total. The van der Waals surface area contributed by atoms with Crippen LogP contribution in [0.2, 0.25) is 0 Å². The van der Waals surface area contributed by atoms with E-state index in [2.05, 4.69) is 27.0 Å². The van der Waals surface area contributed by atoms with E-state index >= 15 is 0 Å². The average Bonchev–Trinajstić information content (AvgIpc) is 3.32. The molecule has 0 aliphatic carbocycles. The quantitative estimate of drug-likeness (QED) is 0.233. The van der Waals surface area contributed by atoms with Crippen LogP contribution in [0, 0.1) is 12.9 Å². The Labute approximate surface area is 250 Å². The number of nitrogens with zero attached hydrogens (tertiary/aromatic N) is 4. The number of methoxy groups -OCH3 is 1. The minimum Gasteiger partial charge on any atom is -0.392 e. The predicted molar refractivity (Wildman–Crippen MR) is 163 cm³/mol. The number of β-amino-alcohol motifs (C(OH)–C–C–N with tert-alkyl or cyclic N) is 1. The summed E-state index contributed by atoms with van der Waals surface area (Å²) in [6.07, 6.45) is 4.57. The molecule has 3 aromatic heterocycles. The highest BCUT2D eigenvalue weighted by atomic mass is 32.2. The number of halogens is 1. The van der Waals surface area contributed by atoms with Crippen molar-refractivity contribution in [1.29, 1.82) is 0 Å². The molecule has 1 saturated heterocycles. The lowest BCUT2D eigenvalue weighted by Crippen LogP contribution is -2.37. The van der Waals surface area contributed by atoms with E-state index in [0.29, 0.717) is 28.8 Å². The fourth-order valence-corrected chi connectivity index (χ4v) is 7.30. The number of piperidine rings is 1. The monoisotopic (exact) mass is 600 g/mol. The Balaban J connectivity index is 1.49. The van der Waals surface area contributed by atoms with Gasteiger partial charge in [-0.2, -0.15) is 4.39 Å². The van der Waals surface area contributed by atoms with E-state index in [0.717, 1.165) is 48.2 Å². The molecule has 1 aliphatic rings. The Bertz CT molecular complexity index is 1870. The highest BCUT2D eigenvalue weighted by Crippen LogP contribution is 2.39. The second-order valence-electron chi connectivity index (χ2n) is 11.0. The summed E-state index contributed by atoms with van der Waals surface area (Å²) >= 11 is 0. The number of hydrogen-bond donors (Lipinski definition) is 1. The van der Waals surface area contributed by atoms with Crippen molar-refractivity contribution in [3.63, 3.8) is 0 Å². The first-order valence-electron chi connectivity index (χ1n) is 14.2. The van der Waals surface area contributed by atoms with Crippen molar-refractivity contribution < 1.29 is 22.7 Å². The smallest absolute Gasteiger partial charge is 0.269 e. The van der Waals surface area contributed by atoms with Crippen LogP contribution in [0.1, 0.15) is 29.7 Å². The van der Waals surface area contributed by atoms with Crippen LogP contribution >= 0.6 is 0 Å². The van der Waals surface area contributed by atoms with E-state index in [1.807, 2.05) is 25.1 Å². The zero-order valence-electron chi connectivity index (χ0n) is 24.1. The number of aliphatic hydroxyl groups excluding tert-OH is 1. The van der Waals surface area contributed by atoms with Crippen molar-refractivity contribution in [3.05, 3.63) is 102 Å². The Morgan fingerprint density at radius 3 is 2.47 bits per heavy atom. The van der Waals surface area contributed by atoms with Crippen molar-refractivity contribution in [3.8, 4) is 22.3 Å². The molecule has 6 rings (SSSR count). The second-order valence-corrected chi connectivity index (χ2v) is 12.8. The summed E-state index contributed by atoms with van der Waals surface area (Å²) in [6, 6.07) is 19.6. The van der Waals surface area contributed by atoms with Gasteiger partial charge in [-0.15, -0.1) is 0 Å². The molecule has 1 atom stereocenters. The van der Waals surface area contributed by atoms with Crippen molar-refractivity contribution in [2.24, 2.45) is 0 Å². The molecule has 1 unspecified atom stereocenters. The van der Waals surface area contributed by atoms with Gasteiger partial charge in [-0.3, -0.25) is 4.90 Å². The second kappa shape index (κ2) is 12.0. The molecule has 10 heteroatoms. The molecule has 222 valence electrons. The third kappa shape index (κ3) is 5.83. The van der Waals surface area contributed by atoms with Gasteiger partial charge in [-0.25, -0.2) is 22.4 Å². The van der Waals surface area contributed by atoms with E-state index in [1.54, 1.807) is 36.5 Å². The number of benzene rings is 2. The minimum absolute atomic E-state index is 0.0457. The molecule has 1 N–H and O–H groups in total. The van der Waals surface area contributed by atoms with Crippen molar-refractivity contribution in [1.82, 2.24) is 18.8 Å². The van der Waals surface area contributed by atoms with Crippen LogP contribution in [0.5, 0.6) is 0 Å². The summed E-state index contributed by atoms with van der Waals surface area (Å²) in [7, 11) is -2.60. The molecular formula is C33H33FN4O4S. The molecule has 0 radical (unpaired) electrons. The first-order chi connectivity index (χ1) is 20.7. The molecule has 1 aliphatic heterocycles. The largest absolute Gasteiger partial charge is 0.392 e. The Hall–Kier alpha value is -3.96. The number of aromatic nitrogens is 3. The molecule has 0 saturated carbocycles. The molecule has 2 aromatic carbocycles. The van der Waals surface area contributed by atoms with E-state index in [1.165, 1.54) is 23.3 Å². The van der Waals surface area contributed by atoms with E-state index in [-0.39, 0.29) is 23.3 Å². The number of likely N-dealkylation sites (tertiary alicyclic amines) is 1. The van der Waals surface area contributed by atoms with Crippen LogP contribution in [0.25, 0.3) is 33.3 Å². The summed E-state index contributed by atoms with van der Waals surface area (Å²) in [4.78, 5) is 10.8. The van der Waals surface area contributed by atoms with Crippen molar-refractivity contribution in [2.75, 3.05) is 20.2 Å². The molecular weight excluding hydrogens is 567 g/mol. The van der Waals surface area contributed by atoms with E-state index < -0.39 is 16.0 Å². The van der Waals surface area contributed by atoms with Crippen LogP contribution in [-0.2, 0) is 27.9 Å². The van der Waals surface area contributed by atoms with Gasteiger partial charge in [0.1, 0.15) is 0 Å². The van der Waals surface area contributed by atoms with Crippen LogP contribution < -0.4 is 0 Å². The van der Waals surface area contributed by atoms with Crippen LogP contribution in [0.3, 0.4) is 0 Å². The first-order valence-corrected chi connectivity index (χ1v) is 15.6. The Kier molecular flexibility index (Phi) is 8.11. The maximum absolute atomic E-state index is 14.4. The Morgan fingerprint density at radius 2 is 1.77 bits per heavy atom. The van der Waals surface area contributed by atoms with Gasteiger partial charge in [-0.05, 0) is 67.3 Å². The van der Waals surface area contributed by atoms with Crippen LogP contribution in [-0.4, -0.2) is 58.7 Å². The maximum atomic E-state index is 14.4. The highest BCUT2D eigenvalue weighted by Gasteiger charge is 2.29. The third-order valence-corrected chi connectivity index (χ3v) is 9.63. The first kappa shape index (κ1) is 29.1. The fourth-order valence-electron chi connectivity index (χ4n) is 5.80. The zero-order chi connectivity index (χ0) is 30.1. The van der Waals surface area contributed by atoms with Gasteiger partial charge in [-0.1, -0.05) is 42.0 Å². The molecule has 43 heavy (non-hydrogen) atoms. The minimum atomic E-state index is -4.09. The van der Waals surface area contributed by atoms with Gasteiger partial charge in [0, 0.05) is 55.2 Å². The van der Waals surface area contributed by atoms with Crippen LogP contribution in [0.15, 0.2) is 84.0 Å². The normalized spacial score (nSPS) is 16.1. The van der Waals surface area contributed by atoms with Crippen LogP contribution in [0.4, 0.5) is 4.39 Å². The van der Waals surface area contributed by atoms with Gasteiger partial charge >= 0.3 is 0 Å². The number of rotatable bonds is 8. The predicted octanol–water partition coefficient (Wildman–Crippen LogP) is 5.55. The summed E-state index contributed by atoms with van der Waals surface area (Å²) in [5.74, 6) is -0.677. The lowest BCUT2D eigenvalue weighted by Gasteiger charge is -2.29. The van der Waals surface area contributed by atoms with Gasteiger partial charge in [0.05, 0.1) is 23.3 Å². The fraction of sp³-hybridized carbons (Fsp3) is 0.273. The summed E-state index contributed by atoms with van der Waals surface area (Å²) in [5.41, 5.74) is 5.32. The molecule has 0 spiro atoms.